The van der Waals surface area contributed by atoms with Gasteiger partial charge in [0.2, 0.25) is 10.0 Å². The highest BCUT2D eigenvalue weighted by atomic mass is 32.2. The van der Waals surface area contributed by atoms with Crippen LogP contribution in [0.2, 0.25) is 0 Å². The van der Waals surface area contributed by atoms with E-state index in [0.29, 0.717) is 19.4 Å². The molecular formula is C7H17NO3S. The quantitative estimate of drug-likeness (QED) is 0.631. The van der Waals surface area contributed by atoms with E-state index in [4.69, 9.17) is 5.11 Å². The Morgan fingerprint density at radius 2 is 2.00 bits per heavy atom. The molecule has 1 atom stereocenters. The molecule has 1 unspecified atom stereocenters. The third-order valence-corrected chi connectivity index (χ3v) is 3.05. The molecule has 4 nitrogen and oxygen atoms in total. The molecule has 0 aromatic carbocycles. The zero-order chi connectivity index (χ0) is 9.61. The van der Waals surface area contributed by atoms with Gasteiger partial charge in [-0.1, -0.05) is 6.92 Å². The summed E-state index contributed by atoms with van der Waals surface area (Å²) in [6.07, 6.45) is 0.744. The molecule has 0 fully saturated rings. The summed E-state index contributed by atoms with van der Waals surface area (Å²) < 4.78 is 24.1. The SMILES string of the molecule is CCC(O)CCNS(=O)(=O)CC. The highest BCUT2D eigenvalue weighted by molar-refractivity contribution is 7.89. The van der Waals surface area contributed by atoms with Crippen LogP contribution < -0.4 is 4.72 Å². The van der Waals surface area contributed by atoms with Gasteiger partial charge in [0.25, 0.3) is 0 Å². The van der Waals surface area contributed by atoms with Crippen LogP contribution in [0.15, 0.2) is 0 Å². The fourth-order valence-electron chi connectivity index (χ4n) is 0.687. The predicted octanol–water partition coefficient (Wildman–Crippen LogP) is 0.0867. The molecule has 0 bridgehead atoms. The molecule has 0 aliphatic heterocycles. The van der Waals surface area contributed by atoms with Crippen LogP contribution in [-0.4, -0.2) is 31.9 Å². The molecule has 0 aliphatic rings. The van der Waals surface area contributed by atoms with Gasteiger partial charge in [0, 0.05) is 6.54 Å². The molecule has 0 saturated carbocycles. The second kappa shape index (κ2) is 5.50. The first-order valence-electron chi connectivity index (χ1n) is 4.17. The van der Waals surface area contributed by atoms with Crippen molar-refractivity contribution in [2.24, 2.45) is 0 Å². The molecule has 0 radical (unpaired) electrons. The van der Waals surface area contributed by atoms with E-state index in [2.05, 4.69) is 4.72 Å². The highest BCUT2D eigenvalue weighted by Gasteiger charge is 2.06. The van der Waals surface area contributed by atoms with Crippen molar-refractivity contribution in [1.82, 2.24) is 4.72 Å². The van der Waals surface area contributed by atoms with Gasteiger partial charge in [-0.3, -0.25) is 0 Å². The van der Waals surface area contributed by atoms with E-state index in [1.807, 2.05) is 6.92 Å². The lowest BCUT2D eigenvalue weighted by atomic mass is 10.2. The summed E-state index contributed by atoms with van der Waals surface area (Å²) in [6.45, 7) is 3.77. The average Bonchev–Trinajstić information content (AvgIpc) is 2.04. The van der Waals surface area contributed by atoms with E-state index in [1.165, 1.54) is 0 Å². The first kappa shape index (κ1) is 11.9. The molecular weight excluding hydrogens is 178 g/mol. The summed E-state index contributed by atoms with van der Waals surface area (Å²) in [5.41, 5.74) is 0. The molecule has 12 heavy (non-hydrogen) atoms. The lowest BCUT2D eigenvalue weighted by Crippen LogP contribution is -2.28. The van der Waals surface area contributed by atoms with Gasteiger partial charge in [-0.05, 0) is 19.8 Å². The number of rotatable bonds is 6. The molecule has 74 valence electrons. The molecule has 0 heterocycles. The third-order valence-electron chi connectivity index (χ3n) is 1.65. The fraction of sp³-hybridized carbons (Fsp3) is 1.00. The van der Waals surface area contributed by atoms with Gasteiger partial charge >= 0.3 is 0 Å². The van der Waals surface area contributed by atoms with Gasteiger partial charge in [0.05, 0.1) is 11.9 Å². The first-order valence-corrected chi connectivity index (χ1v) is 5.82. The Labute approximate surface area is 74.0 Å². The van der Waals surface area contributed by atoms with Crippen molar-refractivity contribution < 1.29 is 13.5 Å². The van der Waals surface area contributed by atoms with Crippen LogP contribution in [-0.2, 0) is 10.0 Å². The maximum atomic E-state index is 10.9. The zero-order valence-corrected chi connectivity index (χ0v) is 8.39. The van der Waals surface area contributed by atoms with Crippen LogP contribution in [0.1, 0.15) is 26.7 Å². The van der Waals surface area contributed by atoms with Crippen LogP contribution in [0.5, 0.6) is 0 Å². The second-order valence-electron chi connectivity index (χ2n) is 2.65. The van der Waals surface area contributed by atoms with Crippen molar-refractivity contribution in [2.75, 3.05) is 12.3 Å². The van der Waals surface area contributed by atoms with Crippen LogP contribution in [0, 0.1) is 0 Å². The molecule has 5 heteroatoms. The number of nitrogens with one attached hydrogen (secondary N) is 1. The van der Waals surface area contributed by atoms with Gasteiger partial charge in [0.1, 0.15) is 0 Å². The molecule has 2 N–H and O–H groups in total. The lowest BCUT2D eigenvalue weighted by Gasteiger charge is -2.07. The largest absolute Gasteiger partial charge is 0.393 e. The Morgan fingerprint density at radius 3 is 2.42 bits per heavy atom. The van der Waals surface area contributed by atoms with Gasteiger partial charge in [0.15, 0.2) is 0 Å². The summed E-state index contributed by atoms with van der Waals surface area (Å²) in [7, 11) is -3.08. The summed E-state index contributed by atoms with van der Waals surface area (Å²) in [5.74, 6) is 0.0925. The Morgan fingerprint density at radius 1 is 1.42 bits per heavy atom. The smallest absolute Gasteiger partial charge is 0.211 e. The molecule has 0 saturated heterocycles. The van der Waals surface area contributed by atoms with Gasteiger partial charge in [-0.15, -0.1) is 0 Å². The number of aliphatic hydroxyl groups excluding tert-OH is 1. The minimum Gasteiger partial charge on any atom is -0.393 e. The maximum Gasteiger partial charge on any atom is 0.211 e. The topological polar surface area (TPSA) is 66.4 Å². The number of hydrogen-bond acceptors (Lipinski definition) is 3. The average molecular weight is 195 g/mol. The van der Waals surface area contributed by atoms with Crippen LogP contribution in [0.4, 0.5) is 0 Å². The maximum absolute atomic E-state index is 10.9. The standard InChI is InChI=1S/C7H17NO3S/c1-3-7(9)5-6-8-12(10,11)4-2/h7-9H,3-6H2,1-2H3. The van der Waals surface area contributed by atoms with Crippen molar-refractivity contribution >= 4 is 10.0 Å². The van der Waals surface area contributed by atoms with Crippen LogP contribution in [0.25, 0.3) is 0 Å². The Bertz CT molecular complexity index is 201. The lowest BCUT2D eigenvalue weighted by molar-refractivity contribution is 0.162. The minimum atomic E-state index is -3.08. The van der Waals surface area contributed by atoms with Crippen molar-refractivity contribution in [1.29, 1.82) is 0 Å². The second-order valence-corrected chi connectivity index (χ2v) is 4.74. The summed E-state index contributed by atoms with van der Waals surface area (Å²) >= 11 is 0. The van der Waals surface area contributed by atoms with Gasteiger partial charge in [-0.25, -0.2) is 13.1 Å². The minimum absolute atomic E-state index is 0.0925. The van der Waals surface area contributed by atoms with Crippen molar-refractivity contribution in [2.45, 2.75) is 32.8 Å². The van der Waals surface area contributed by atoms with Gasteiger partial charge in [-0.2, -0.15) is 0 Å². The van der Waals surface area contributed by atoms with E-state index >= 15 is 0 Å². The fourth-order valence-corrected chi connectivity index (χ4v) is 1.32. The monoisotopic (exact) mass is 195 g/mol. The van der Waals surface area contributed by atoms with E-state index in [-0.39, 0.29) is 5.75 Å². The van der Waals surface area contributed by atoms with Crippen molar-refractivity contribution in [3.05, 3.63) is 0 Å². The van der Waals surface area contributed by atoms with Crippen LogP contribution in [0.3, 0.4) is 0 Å². The van der Waals surface area contributed by atoms with E-state index in [0.717, 1.165) is 0 Å². The van der Waals surface area contributed by atoms with E-state index in [9.17, 15) is 8.42 Å². The molecule has 0 spiro atoms. The summed E-state index contributed by atoms with van der Waals surface area (Å²) in [4.78, 5) is 0. The number of sulfonamides is 1. The van der Waals surface area contributed by atoms with E-state index in [1.54, 1.807) is 6.92 Å². The molecule has 0 amide bonds. The summed E-state index contributed by atoms with van der Waals surface area (Å²) in [5, 5.41) is 9.09. The Kier molecular flexibility index (Phi) is 5.44. The molecule has 0 aromatic rings. The number of hydrogen-bond donors (Lipinski definition) is 2. The van der Waals surface area contributed by atoms with Gasteiger partial charge < -0.3 is 5.11 Å². The predicted molar refractivity (Wildman–Crippen MR) is 48.4 cm³/mol. The Hall–Kier alpha value is -0.130. The van der Waals surface area contributed by atoms with E-state index < -0.39 is 16.1 Å². The first-order chi connectivity index (χ1) is 5.52. The van der Waals surface area contributed by atoms with Crippen molar-refractivity contribution in [3.8, 4) is 0 Å². The highest BCUT2D eigenvalue weighted by Crippen LogP contribution is 1.95. The van der Waals surface area contributed by atoms with Crippen molar-refractivity contribution in [3.63, 3.8) is 0 Å². The normalized spacial score (nSPS) is 14.6. The van der Waals surface area contributed by atoms with Crippen LogP contribution >= 0.6 is 0 Å². The number of aliphatic hydroxyl groups is 1. The molecule has 0 aliphatic carbocycles. The zero-order valence-electron chi connectivity index (χ0n) is 7.58. The summed E-state index contributed by atoms with van der Waals surface area (Å²) in [6, 6.07) is 0. The third kappa shape index (κ3) is 5.51. The molecule has 0 aromatic heterocycles. The molecule has 0 rings (SSSR count). The Balaban J connectivity index is 3.57.